The van der Waals surface area contributed by atoms with Crippen LogP contribution in [0.25, 0.3) is 10.8 Å². The maximum absolute atomic E-state index is 11.6. The topological polar surface area (TPSA) is 55.4 Å². The van der Waals surface area contributed by atoms with Crippen molar-refractivity contribution < 1.29 is 14.3 Å². The summed E-state index contributed by atoms with van der Waals surface area (Å²) in [6.07, 6.45) is 0. The number of methoxy groups -OCH3 is 1. The maximum Gasteiger partial charge on any atom is 0.376 e. The van der Waals surface area contributed by atoms with Gasteiger partial charge in [-0.15, -0.1) is 0 Å². The zero-order chi connectivity index (χ0) is 13.8. The molecule has 0 spiro atoms. The van der Waals surface area contributed by atoms with Crippen molar-refractivity contribution in [3.63, 3.8) is 0 Å². The van der Waals surface area contributed by atoms with Crippen molar-refractivity contribution in [2.75, 3.05) is 12.4 Å². The molecule has 4 heteroatoms. The summed E-state index contributed by atoms with van der Waals surface area (Å²) in [6.45, 7) is 1.63. The van der Waals surface area contributed by atoms with Crippen LogP contribution < -0.4 is 5.32 Å². The molecule has 98 valence electrons. The first-order valence-electron chi connectivity index (χ1n) is 5.99. The zero-order valence-corrected chi connectivity index (χ0v) is 10.8. The van der Waals surface area contributed by atoms with Crippen molar-refractivity contribution in [1.29, 1.82) is 0 Å². The number of fused-ring (bicyclic) bond motifs is 1. The fourth-order valence-electron chi connectivity index (χ4n) is 1.87. The number of anilines is 1. The van der Waals surface area contributed by atoms with E-state index in [0.717, 1.165) is 16.5 Å². The predicted molar refractivity (Wildman–Crippen MR) is 74.1 cm³/mol. The highest BCUT2D eigenvalue weighted by atomic mass is 16.5. The number of carbonyl (C=O) groups is 2. The summed E-state index contributed by atoms with van der Waals surface area (Å²) in [4.78, 5) is 22.7. The standard InChI is InChI=1S/C15H15NO3/c1-10(14(17)15(18)19-2)16-13-8-7-11-5-3-4-6-12(11)9-13/h3-10,16H,1-2H3/t10-/m0/s1. The number of ketones is 1. The highest BCUT2D eigenvalue weighted by Crippen LogP contribution is 2.19. The quantitative estimate of drug-likeness (QED) is 0.675. The lowest BCUT2D eigenvalue weighted by molar-refractivity contribution is -0.151. The second-order valence-electron chi connectivity index (χ2n) is 4.28. The van der Waals surface area contributed by atoms with Crippen LogP contribution >= 0.6 is 0 Å². The van der Waals surface area contributed by atoms with Crippen LogP contribution in [0.15, 0.2) is 42.5 Å². The third-order valence-corrected chi connectivity index (χ3v) is 2.91. The van der Waals surface area contributed by atoms with Gasteiger partial charge in [-0.3, -0.25) is 4.79 Å². The first kappa shape index (κ1) is 13.1. The van der Waals surface area contributed by atoms with E-state index in [2.05, 4.69) is 10.1 Å². The van der Waals surface area contributed by atoms with Gasteiger partial charge in [0, 0.05) is 5.69 Å². The van der Waals surface area contributed by atoms with Crippen molar-refractivity contribution in [2.24, 2.45) is 0 Å². The summed E-state index contributed by atoms with van der Waals surface area (Å²) < 4.78 is 4.41. The molecule has 19 heavy (non-hydrogen) atoms. The van der Waals surface area contributed by atoms with Crippen LogP contribution in [0.3, 0.4) is 0 Å². The van der Waals surface area contributed by atoms with Gasteiger partial charge in [-0.1, -0.05) is 30.3 Å². The Balaban J connectivity index is 2.17. The van der Waals surface area contributed by atoms with Crippen molar-refractivity contribution >= 4 is 28.2 Å². The van der Waals surface area contributed by atoms with Crippen molar-refractivity contribution in [3.8, 4) is 0 Å². The molecule has 0 aliphatic heterocycles. The summed E-state index contributed by atoms with van der Waals surface area (Å²) in [6, 6.07) is 13.1. The summed E-state index contributed by atoms with van der Waals surface area (Å²) >= 11 is 0. The number of benzene rings is 2. The molecule has 1 N–H and O–H groups in total. The van der Waals surface area contributed by atoms with Crippen molar-refractivity contribution in [1.82, 2.24) is 0 Å². The molecule has 0 radical (unpaired) electrons. The first-order valence-corrected chi connectivity index (χ1v) is 5.99. The highest BCUT2D eigenvalue weighted by molar-refractivity contribution is 6.36. The normalized spacial score (nSPS) is 11.9. The lowest BCUT2D eigenvalue weighted by Crippen LogP contribution is -2.33. The Morgan fingerprint density at radius 3 is 2.47 bits per heavy atom. The van der Waals surface area contributed by atoms with Gasteiger partial charge < -0.3 is 10.1 Å². The minimum atomic E-state index is -0.833. The molecule has 0 aliphatic rings. The van der Waals surface area contributed by atoms with Crippen LogP contribution in [0.5, 0.6) is 0 Å². The van der Waals surface area contributed by atoms with Gasteiger partial charge in [0.25, 0.3) is 5.78 Å². The average Bonchev–Trinajstić information content (AvgIpc) is 2.45. The van der Waals surface area contributed by atoms with E-state index in [0.29, 0.717) is 0 Å². The Kier molecular flexibility index (Phi) is 3.80. The lowest BCUT2D eigenvalue weighted by Gasteiger charge is -2.13. The van der Waals surface area contributed by atoms with Gasteiger partial charge in [-0.25, -0.2) is 4.79 Å². The summed E-state index contributed by atoms with van der Waals surface area (Å²) in [5.74, 6) is -1.42. The molecule has 0 heterocycles. The van der Waals surface area contributed by atoms with Crippen molar-refractivity contribution in [3.05, 3.63) is 42.5 Å². The van der Waals surface area contributed by atoms with Gasteiger partial charge >= 0.3 is 5.97 Å². The molecule has 2 rings (SSSR count). The van der Waals surface area contributed by atoms with Crippen LogP contribution in [0.4, 0.5) is 5.69 Å². The molecule has 0 bridgehead atoms. The number of esters is 1. The fraction of sp³-hybridized carbons (Fsp3) is 0.200. The monoisotopic (exact) mass is 257 g/mol. The molecule has 2 aromatic carbocycles. The highest BCUT2D eigenvalue weighted by Gasteiger charge is 2.21. The molecule has 1 atom stereocenters. The third-order valence-electron chi connectivity index (χ3n) is 2.91. The number of rotatable bonds is 4. The fourth-order valence-corrected chi connectivity index (χ4v) is 1.87. The van der Waals surface area contributed by atoms with E-state index in [1.807, 2.05) is 42.5 Å². The number of hydrogen-bond acceptors (Lipinski definition) is 4. The van der Waals surface area contributed by atoms with Crippen LogP contribution in [0.1, 0.15) is 6.92 Å². The van der Waals surface area contributed by atoms with Crippen molar-refractivity contribution in [2.45, 2.75) is 13.0 Å². The molecule has 0 saturated heterocycles. The van der Waals surface area contributed by atoms with E-state index >= 15 is 0 Å². The van der Waals surface area contributed by atoms with Crippen LogP contribution in [0, 0.1) is 0 Å². The van der Waals surface area contributed by atoms with E-state index in [9.17, 15) is 9.59 Å². The summed E-state index contributed by atoms with van der Waals surface area (Å²) in [7, 11) is 1.20. The molecule has 0 unspecified atom stereocenters. The first-order chi connectivity index (χ1) is 9.11. The van der Waals surface area contributed by atoms with Gasteiger partial charge in [-0.2, -0.15) is 0 Å². The minimum Gasteiger partial charge on any atom is -0.463 e. The van der Waals surface area contributed by atoms with Gasteiger partial charge in [0.2, 0.25) is 0 Å². The van der Waals surface area contributed by atoms with E-state index < -0.39 is 17.8 Å². The smallest absolute Gasteiger partial charge is 0.376 e. The Bertz CT molecular complexity index is 622. The largest absolute Gasteiger partial charge is 0.463 e. The number of hydrogen-bond donors (Lipinski definition) is 1. The molecule has 0 saturated carbocycles. The Morgan fingerprint density at radius 1 is 1.11 bits per heavy atom. The molecular formula is C15H15NO3. The number of nitrogens with one attached hydrogen (secondary N) is 1. The Morgan fingerprint density at radius 2 is 1.79 bits per heavy atom. The second-order valence-corrected chi connectivity index (χ2v) is 4.28. The average molecular weight is 257 g/mol. The van der Waals surface area contributed by atoms with Gasteiger partial charge in [0.15, 0.2) is 0 Å². The van der Waals surface area contributed by atoms with Crippen LogP contribution in [-0.2, 0) is 14.3 Å². The Labute approximate surface area is 111 Å². The van der Waals surface area contributed by atoms with Gasteiger partial charge in [-0.05, 0) is 29.8 Å². The SMILES string of the molecule is COC(=O)C(=O)[C@H](C)Nc1ccc2ccccc2c1. The van der Waals surface area contributed by atoms with Gasteiger partial charge in [0.05, 0.1) is 13.2 Å². The third kappa shape index (κ3) is 2.91. The number of ether oxygens (including phenoxy) is 1. The van der Waals surface area contributed by atoms with E-state index in [1.54, 1.807) is 6.92 Å². The summed E-state index contributed by atoms with van der Waals surface area (Å²) in [5, 5.41) is 5.20. The summed E-state index contributed by atoms with van der Waals surface area (Å²) in [5.41, 5.74) is 0.795. The minimum absolute atomic E-state index is 0.587. The van der Waals surface area contributed by atoms with Crippen LogP contribution in [-0.4, -0.2) is 24.9 Å². The molecule has 2 aromatic rings. The maximum atomic E-state index is 11.6. The number of Topliss-reactive ketones (excluding diaryl/α,β-unsaturated/α-hetero) is 1. The van der Waals surface area contributed by atoms with Crippen LogP contribution in [0.2, 0.25) is 0 Å². The molecule has 4 nitrogen and oxygen atoms in total. The predicted octanol–water partition coefficient (Wildman–Crippen LogP) is 2.38. The Hall–Kier alpha value is -2.36. The van der Waals surface area contributed by atoms with Gasteiger partial charge in [0.1, 0.15) is 0 Å². The van der Waals surface area contributed by atoms with E-state index in [-0.39, 0.29) is 0 Å². The molecule has 0 amide bonds. The molecule has 0 aliphatic carbocycles. The molecule has 0 fully saturated rings. The van der Waals surface area contributed by atoms with E-state index in [4.69, 9.17) is 0 Å². The second kappa shape index (κ2) is 5.52. The number of carbonyl (C=O) groups excluding carboxylic acids is 2. The molecular weight excluding hydrogens is 242 g/mol. The van der Waals surface area contributed by atoms with E-state index in [1.165, 1.54) is 7.11 Å². The zero-order valence-electron chi connectivity index (χ0n) is 10.8. The lowest BCUT2D eigenvalue weighted by atomic mass is 10.1. The molecule has 0 aromatic heterocycles.